The van der Waals surface area contributed by atoms with Gasteiger partial charge < -0.3 is 55.0 Å². The molecule has 31 heavy (non-hydrogen) atoms. The first-order valence-corrected chi connectivity index (χ1v) is 9.84. The van der Waals surface area contributed by atoms with Crippen molar-refractivity contribution in [2.75, 3.05) is 6.61 Å². The molecule has 10 atom stereocenters. The molecule has 179 valence electrons. The van der Waals surface area contributed by atoms with Crippen LogP contribution in [-0.2, 0) is 28.5 Å². The van der Waals surface area contributed by atoms with E-state index in [1.807, 2.05) is 0 Å². The number of aliphatic hydroxyl groups excluding tert-OH is 4. The number of carboxylic acids is 1. The van der Waals surface area contributed by atoms with E-state index in [1.54, 1.807) is 27.7 Å². The van der Waals surface area contributed by atoms with E-state index in [0.717, 1.165) is 0 Å². The Bertz CT molecular complexity index is 569. The molecule has 6 N–H and O–H groups in total. The van der Waals surface area contributed by atoms with Gasteiger partial charge in [0.1, 0.15) is 36.8 Å². The van der Waals surface area contributed by atoms with Crippen LogP contribution < -0.4 is 0 Å². The van der Waals surface area contributed by atoms with Gasteiger partial charge in [0.25, 0.3) is 0 Å². The van der Waals surface area contributed by atoms with Crippen molar-refractivity contribution in [3.8, 4) is 0 Å². The Labute approximate surface area is 216 Å². The SMILES string of the molecule is CC(C)OC1OC(CO)C(O)C(OC2OC(C(=O)O)C(OC(C)C)C(O)C2O)C1[NH-].[Ac]. The van der Waals surface area contributed by atoms with Gasteiger partial charge in [-0.25, -0.2) is 4.79 Å². The molecule has 0 aliphatic carbocycles. The number of nitrogens with one attached hydrogen (secondary N) is 1. The van der Waals surface area contributed by atoms with Gasteiger partial charge in [-0.15, -0.1) is 0 Å². The Hall–Kier alpha value is 0.512. The minimum absolute atomic E-state index is 0. The molecule has 2 heterocycles. The van der Waals surface area contributed by atoms with E-state index < -0.39 is 80.0 Å². The zero-order valence-electron chi connectivity index (χ0n) is 17.9. The van der Waals surface area contributed by atoms with E-state index in [0.29, 0.717) is 0 Å². The van der Waals surface area contributed by atoms with Crippen molar-refractivity contribution < 1.29 is 98.1 Å². The maximum atomic E-state index is 11.6. The Kier molecular flexibility index (Phi) is 12.2. The predicted octanol–water partition coefficient (Wildman–Crippen LogP) is -1.38. The first-order valence-electron chi connectivity index (χ1n) is 9.84. The number of aliphatic carboxylic acids is 1. The number of aliphatic hydroxyl groups is 4. The van der Waals surface area contributed by atoms with Gasteiger partial charge in [-0.05, 0) is 27.7 Å². The zero-order valence-corrected chi connectivity index (χ0v) is 22.6. The Balaban J connectivity index is 0.00000480. The largest absolute Gasteiger partial charge is 0.668 e. The molecule has 1 radical (unpaired) electrons. The molecule has 0 aromatic carbocycles. The second kappa shape index (κ2) is 12.8. The van der Waals surface area contributed by atoms with Crippen LogP contribution in [-0.4, -0.2) is 112 Å². The summed E-state index contributed by atoms with van der Waals surface area (Å²) >= 11 is 0. The van der Waals surface area contributed by atoms with E-state index in [9.17, 15) is 30.3 Å². The molecule has 0 spiro atoms. The quantitative estimate of drug-likeness (QED) is 0.206. The minimum atomic E-state index is -1.72. The van der Waals surface area contributed by atoms with E-state index >= 15 is 0 Å². The van der Waals surface area contributed by atoms with Crippen molar-refractivity contribution >= 4 is 5.97 Å². The summed E-state index contributed by atoms with van der Waals surface area (Å²) in [7, 11) is 0. The molecule has 2 saturated heterocycles. The van der Waals surface area contributed by atoms with Crippen LogP contribution >= 0.6 is 0 Å². The Morgan fingerprint density at radius 2 is 1.52 bits per heavy atom. The molecule has 0 saturated carbocycles. The number of hydrogen-bond donors (Lipinski definition) is 5. The molecule has 2 rings (SSSR count). The van der Waals surface area contributed by atoms with Crippen molar-refractivity contribution in [3.05, 3.63) is 5.73 Å². The standard InChI is InChI=1S/C18H32NO11.Ac/c1-6(2)26-14-11(22)12(23)18(30-15(14)16(24)25)29-13-9(19)17(27-7(3)4)28-8(5-20)10(13)21;/h6-15,17-23H,5H2,1-4H3,(H,24,25);/q-1;. The molecule has 13 heteroatoms. The number of carboxylic acid groups (broad SMARTS) is 1. The van der Waals surface area contributed by atoms with E-state index in [-0.39, 0.29) is 50.2 Å². The summed E-state index contributed by atoms with van der Waals surface area (Å²) in [5, 5.41) is 50.2. The van der Waals surface area contributed by atoms with Gasteiger partial charge in [0.15, 0.2) is 12.4 Å². The van der Waals surface area contributed by atoms with Crippen LogP contribution in [0.2, 0.25) is 0 Å². The van der Waals surface area contributed by atoms with Gasteiger partial charge in [0.05, 0.1) is 24.9 Å². The Morgan fingerprint density at radius 3 is 2.00 bits per heavy atom. The number of carbonyl (C=O) groups is 1. The van der Waals surface area contributed by atoms with Gasteiger partial charge >= 0.3 is 5.97 Å². The second-order valence-corrected chi connectivity index (χ2v) is 7.92. The maximum Gasteiger partial charge on any atom is 0.335 e. The molecule has 0 aromatic heterocycles. The third kappa shape index (κ3) is 7.24. The molecular formula is C18H32AcNO11-. The summed E-state index contributed by atoms with van der Waals surface area (Å²) < 4.78 is 27.2. The van der Waals surface area contributed by atoms with E-state index in [1.165, 1.54) is 0 Å². The topological polar surface area (TPSA) is 188 Å². The van der Waals surface area contributed by atoms with Crippen LogP contribution in [0.5, 0.6) is 0 Å². The van der Waals surface area contributed by atoms with Crippen LogP contribution in [0.15, 0.2) is 0 Å². The zero-order chi connectivity index (χ0) is 22.7. The maximum absolute atomic E-state index is 11.6. The summed E-state index contributed by atoms with van der Waals surface area (Å²) in [6.07, 6.45) is -14.0. The van der Waals surface area contributed by atoms with Crippen LogP contribution in [0.25, 0.3) is 5.73 Å². The minimum Gasteiger partial charge on any atom is -0.668 e. The molecule has 10 unspecified atom stereocenters. The molecule has 2 fully saturated rings. The second-order valence-electron chi connectivity index (χ2n) is 7.92. The number of ether oxygens (including phenoxy) is 5. The van der Waals surface area contributed by atoms with E-state index in [2.05, 4.69) is 0 Å². The molecule has 0 bridgehead atoms. The third-order valence-electron chi connectivity index (χ3n) is 4.77. The summed E-state index contributed by atoms with van der Waals surface area (Å²) in [6.45, 7) is 6.09. The van der Waals surface area contributed by atoms with Crippen molar-refractivity contribution in [2.24, 2.45) is 0 Å². The Morgan fingerprint density at radius 1 is 0.935 bits per heavy atom. The summed E-state index contributed by atoms with van der Waals surface area (Å²) in [4.78, 5) is 11.6. The smallest absolute Gasteiger partial charge is 0.335 e. The van der Waals surface area contributed by atoms with Crippen LogP contribution in [0, 0.1) is 44.1 Å². The monoisotopic (exact) mass is 665 g/mol. The summed E-state index contributed by atoms with van der Waals surface area (Å²) in [5.74, 6) is -1.44. The van der Waals surface area contributed by atoms with Crippen molar-refractivity contribution in [3.63, 3.8) is 0 Å². The molecule has 2 aliphatic heterocycles. The molecule has 0 aromatic rings. The van der Waals surface area contributed by atoms with Gasteiger partial charge in [-0.1, -0.05) is 6.04 Å². The fraction of sp³-hybridized carbons (Fsp3) is 0.944. The fourth-order valence-corrected chi connectivity index (χ4v) is 3.39. The predicted molar refractivity (Wildman–Crippen MR) is 99.3 cm³/mol. The van der Waals surface area contributed by atoms with Gasteiger partial charge in [0, 0.05) is 44.1 Å². The summed E-state index contributed by atoms with van der Waals surface area (Å²) in [6, 6.07) is -1.31. The molecule has 0 amide bonds. The molecule has 2 aliphatic rings. The average Bonchev–Trinajstić information content (AvgIpc) is 2.65. The molecule has 12 nitrogen and oxygen atoms in total. The van der Waals surface area contributed by atoms with Gasteiger partial charge in [-0.2, -0.15) is 0 Å². The van der Waals surface area contributed by atoms with Gasteiger partial charge in [-0.3, -0.25) is 0 Å². The van der Waals surface area contributed by atoms with Gasteiger partial charge in [0.2, 0.25) is 0 Å². The third-order valence-corrected chi connectivity index (χ3v) is 4.77. The van der Waals surface area contributed by atoms with Crippen LogP contribution in [0.3, 0.4) is 0 Å². The summed E-state index contributed by atoms with van der Waals surface area (Å²) in [5.41, 5.74) is 8.32. The molecular weight excluding hydrogens is 633 g/mol. The first-order chi connectivity index (χ1) is 14.0. The normalized spacial score (nSPS) is 41.3. The first kappa shape index (κ1) is 29.5. The number of hydrogen-bond acceptors (Lipinski definition) is 10. The number of rotatable bonds is 8. The average molecular weight is 665 g/mol. The van der Waals surface area contributed by atoms with Crippen molar-refractivity contribution in [1.82, 2.24) is 0 Å². The van der Waals surface area contributed by atoms with Crippen molar-refractivity contribution in [1.29, 1.82) is 0 Å². The van der Waals surface area contributed by atoms with E-state index in [4.69, 9.17) is 29.4 Å². The fourth-order valence-electron chi connectivity index (χ4n) is 3.39. The van der Waals surface area contributed by atoms with Crippen LogP contribution in [0.1, 0.15) is 27.7 Å². The van der Waals surface area contributed by atoms with Crippen LogP contribution in [0.4, 0.5) is 0 Å². The van der Waals surface area contributed by atoms with Crippen molar-refractivity contribution in [2.45, 2.75) is 101 Å².